The van der Waals surface area contributed by atoms with E-state index in [1.54, 1.807) is 6.07 Å². The van der Waals surface area contributed by atoms with E-state index in [0.29, 0.717) is 5.56 Å². The third-order valence-corrected chi connectivity index (χ3v) is 6.03. The predicted molar refractivity (Wildman–Crippen MR) is 110 cm³/mol. The van der Waals surface area contributed by atoms with Gasteiger partial charge < -0.3 is 10.2 Å². The summed E-state index contributed by atoms with van der Waals surface area (Å²) in [6.07, 6.45) is 2.12. The number of carbonyl (C=O) groups is 1. The number of benzene rings is 2. The molecule has 2 aromatic rings. The Morgan fingerprint density at radius 2 is 1.70 bits per heavy atom. The second-order valence-electron chi connectivity index (χ2n) is 8.97. The maximum absolute atomic E-state index is 11.3. The molecule has 3 heteroatoms. The van der Waals surface area contributed by atoms with Crippen LogP contribution in [0.4, 0.5) is 0 Å². The van der Waals surface area contributed by atoms with Crippen LogP contribution in [-0.4, -0.2) is 16.2 Å². The minimum Gasteiger partial charge on any atom is -0.507 e. The summed E-state index contributed by atoms with van der Waals surface area (Å²) in [4.78, 5) is 11.3. The highest BCUT2D eigenvalue weighted by Crippen LogP contribution is 2.52. The van der Waals surface area contributed by atoms with Crippen LogP contribution in [0.15, 0.2) is 36.9 Å². The van der Waals surface area contributed by atoms with Crippen molar-refractivity contribution in [1.29, 1.82) is 0 Å². The summed E-state index contributed by atoms with van der Waals surface area (Å²) in [5, 5.41) is 20.3. The highest BCUT2D eigenvalue weighted by Gasteiger charge is 2.40. The van der Waals surface area contributed by atoms with Gasteiger partial charge in [-0.15, -0.1) is 0 Å². The second kappa shape index (κ2) is 6.26. The summed E-state index contributed by atoms with van der Waals surface area (Å²) in [5.74, 6) is -0.762. The highest BCUT2D eigenvalue weighted by atomic mass is 16.4. The van der Waals surface area contributed by atoms with E-state index in [9.17, 15) is 15.0 Å². The molecule has 142 valence electrons. The molecule has 1 aliphatic rings. The van der Waals surface area contributed by atoms with E-state index in [4.69, 9.17) is 0 Å². The number of carboxylic acids is 1. The molecule has 0 radical (unpaired) electrons. The number of aliphatic carboxylic acids is 1. The molecule has 0 atom stereocenters. The molecule has 0 fully saturated rings. The lowest BCUT2D eigenvalue weighted by atomic mass is 9.61. The fraction of sp³-hybridized carbons (Fsp3) is 0.375. The molecule has 0 heterocycles. The van der Waals surface area contributed by atoms with Crippen molar-refractivity contribution in [2.75, 3.05) is 0 Å². The molecule has 0 aliphatic heterocycles. The van der Waals surface area contributed by atoms with Crippen molar-refractivity contribution >= 4 is 11.5 Å². The van der Waals surface area contributed by atoms with E-state index in [1.807, 2.05) is 25.1 Å². The Hall–Kier alpha value is -2.55. The van der Waals surface area contributed by atoms with Crippen molar-refractivity contribution in [1.82, 2.24) is 0 Å². The van der Waals surface area contributed by atoms with Crippen molar-refractivity contribution in [2.24, 2.45) is 0 Å². The smallest absolute Gasteiger partial charge is 0.335 e. The maximum atomic E-state index is 11.3. The lowest BCUT2D eigenvalue weighted by Gasteiger charge is -2.43. The van der Waals surface area contributed by atoms with Crippen LogP contribution < -0.4 is 0 Å². The van der Waals surface area contributed by atoms with Crippen LogP contribution in [0.3, 0.4) is 0 Å². The number of phenolic OH excluding ortho intramolecular Hbond substituents is 1. The average Bonchev–Trinajstić information content (AvgIpc) is 2.60. The summed E-state index contributed by atoms with van der Waals surface area (Å²) < 4.78 is 0. The van der Waals surface area contributed by atoms with Crippen LogP contribution in [0.2, 0.25) is 0 Å². The molecule has 0 bridgehead atoms. The van der Waals surface area contributed by atoms with Crippen LogP contribution in [0.25, 0.3) is 16.7 Å². The first-order chi connectivity index (χ1) is 12.5. The largest absolute Gasteiger partial charge is 0.507 e. The number of rotatable bonds is 3. The predicted octanol–water partition coefficient (Wildman–Crippen LogP) is 5.81. The molecule has 1 aliphatic carbocycles. The van der Waals surface area contributed by atoms with Gasteiger partial charge in [0.05, 0.1) is 5.57 Å². The molecule has 3 nitrogen and oxygen atoms in total. The summed E-state index contributed by atoms with van der Waals surface area (Å²) in [7, 11) is 0. The SMILES string of the molecule is C=C(C(=O)O)c1cccc(-c2c(O)c(C)cc3c2C(C)(C)CCC3(C)C)c1. The molecule has 0 saturated carbocycles. The van der Waals surface area contributed by atoms with Crippen molar-refractivity contribution in [2.45, 2.75) is 58.3 Å². The third kappa shape index (κ3) is 3.16. The van der Waals surface area contributed by atoms with Crippen molar-refractivity contribution < 1.29 is 15.0 Å². The van der Waals surface area contributed by atoms with Crippen LogP contribution >= 0.6 is 0 Å². The molecule has 3 rings (SSSR count). The zero-order valence-electron chi connectivity index (χ0n) is 16.8. The van der Waals surface area contributed by atoms with Gasteiger partial charge in [-0.25, -0.2) is 4.79 Å². The van der Waals surface area contributed by atoms with Gasteiger partial charge in [-0.05, 0) is 64.5 Å². The van der Waals surface area contributed by atoms with Crippen LogP contribution in [0.1, 0.15) is 62.8 Å². The number of phenols is 1. The van der Waals surface area contributed by atoms with E-state index in [1.165, 1.54) is 11.1 Å². The van der Waals surface area contributed by atoms with E-state index in [0.717, 1.165) is 29.5 Å². The third-order valence-electron chi connectivity index (χ3n) is 6.03. The zero-order valence-corrected chi connectivity index (χ0v) is 16.8. The first-order valence-electron chi connectivity index (χ1n) is 9.36. The molecule has 2 aromatic carbocycles. The summed E-state index contributed by atoms with van der Waals surface area (Å²) in [6, 6.07) is 9.45. The number of hydrogen-bond acceptors (Lipinski definition) is 2. The van der Waals surface area contributed by atoms with E-state index in [-0.39, 0.29) is 22.2 Å². The standard InChI is InChI=1S/C24H28O3/c1-14-12-18-20(24(5,6)11-10-23(18,3)4)19(21(14)25)17-9-7-8-16(13-17)15(2)22(26)27/h7-9,12-13,25H,2,10-11H2,1,3-6H3,(H,26,27). The fourth-order valence-corrected chi connectivity index (χ4v) is 4.20. The van der Waals surface area contributed by atoms with Gasteiger partial charge in [0, 0.05) is 5.56 Å². The molecule has 0 amide bonds. The quantitative estimate of drug-likeness (QED) is 0.675. The van der Waals surface area contributed by atoms with Gasteiger partial charge in [0.25, 0.3) is 0 Å². The molecule has 0 spiro atoms. The van der Waals surface area contributed by atoms with E-state index < -0.39 is 5.97 Å². The lowest BCUT2D eigenvalue weighted by molar-refractivity contribution is -0.130. The Morgan fingerprint density at radius 1 is 1.07 bits per heavy atom. The fourth-order valence-electron chi connectivity index (χ4n) is 4.20. The zero-order chi connectivity index (χ0) is 20.1. The number of fused-ring (bicyclic) bond motifs is 1. The summed E-state index contributed by atoms with van der Waals surface area (Å²) in [5.41, 5.74) is 5.50. The monoisotopic (exact) mass is 364 g/mol. The van der Waals surface area contributed by atoms with Gasteiger partial charge in [0.1, 0.15) is 5.75 Å². The first kappa shape index (κ1) is 19.2. The molecular formula is C24H28O3. The molecule has 0 aromatic heterocycles. The van der Waals surface area contributed by atoms with Crippen molar-refractivity contribution in [3.63, 3.8) is 0 Å². The summed E-state index contributed by atoms with van der Waals surface area (Å²) in [6.45, 7) is 14.6. The van der Waals surface area contributed by atoms with Crippen LogP contribution in [-0.2, 0) is 15.6 Å². The Morgan fingerprint density at radius 3 is 2.33 bits per heavy atom. The number of aromatic hydroxyl groups is 1. The number of aryl methyl sites for hydroxylation is 1. The Labute approximate surface area is 161 Å². The first-order valence-corrected chi connectivity index (χ1v) is 9.36. The van der Waals surface area contributed by atoms with Crippen molar-refractivity contribution in [3.8, 4) is 16.9 Å². The second-order valence-corrected chi connectivity index (χ2v) is 8.97. The number of carboxylic acid groups (broad SMARTS) is 1. The van der Waals surface area contributed by atoms with E-state index >= 15 is 0 Å². The van der Waals surface area contributed by atoms with Gasteiger partial charge in [0.15, 0.2) is 0 Å². The lowest BCUT2D eigenvalue weighted by Crippen LogP contribution is -2.34. The average molecular weight is 364 g/mol. The van der Waals surface area contributed by atoms with Gasteiger partial charge in [-0.3, -0.25) is 0 Å². The normalized spacial score (nSPS) is 17.2. The minimum atomic E-state index is -1.04. The minimum absolute atomic E-state index is 0.0281. The van der Waals surface area contributed by atoms with Gasteiger partial charge >= 0.3 is 5.97 Å². The van der Waals surface area contributed by atoms with Crippen molar-refractivity contribution in [3.05, 3.63) is 59.2 Å². The Bertz CT molecular complexity index is 948. The van der Waals surface area contributed by atoms with Crippen LogP contribution in [0, 0.1) is 6.92 Å². The maximum Gasteiger partial charge on any atom is 0.335 e. The molecule has 0 saturated heterocycles. The number of hydrogen-bond donors (Lipinski definition) is 2. The molecular weight excluding hydrogens is 336 g/mol. The summed E-state index contributed by atoms with van der Waals surface area (Å²) >= 11 is 0. The van der Waals surface area contributed by atoms with Gasteiger partial charge in [0.2, 0.25) is 0 Å². The Kier molecular flexibility index (Phi) is 4.46. The Balaban J connectivity index is 2.35. The highest BCUT2D eigenvalue weighted by molar-refractivity contribution is 6.14. The van der Waals surface area contributed by atoms with Crippen LogP contribution in [0.5, 0.6) is 5.75 Å². The van der Waals surface area contributed by atoms with E-state index in [2.05, 4.69) is 40.3 Å². The molecule has 0 unspecified atom stereocenters. The van der Waals surface area contributed by atoms with Gasteiger partial charge in [-0.1, -0.05) is 58.5 Å². The van der Waals surface area contributed by atoms with Gasteiger partial charge in [-0.2, -0.15) is 0 Å². The molecule has 2 N–H and O–H groups in total. The topological polar surface area (TPSA) is 57.5 Å². The molecule has 27 heavy (non-hydrogen) atoms.